The molecule has 1 unspecified atom stereocenters. The summed E-state index contributed by atoms with van der Waals surface area (Å²) < 4.78 is 0. The van der Waals surface area contributed by atoms with Crippen molar-refractivity contribution in [3.8, 4) is 0 Å². The number of nitrogens with one attached hydrogen (secondary N) is 2. The van der Waals surface area contributed by atoms with Crippen molar-refractivity contribution < 1.29 is 9.59 Å². The lowest BCUT2D eigenvalue weighted by molar-refractivity contribution is -0.120. The van der Waals surface area contributed by atoms with Crippen molar-refractivity contribution in [2.24, 2.45) is 0 Å². The number of hydrogen-bond donors (Lipinski definition) is 2. The first-order chi connectivity index (χ1) is 11.6. The molecule has 0 radical (unpaired) electrons. The van der Waals surface area contributed by atoms with Crippen LogP contribution in [0.15, 0.2) is 47.8 Å². The molecule has 2 aromatic rings. The number of likely N-dealkylation sites (tertiary alicyclic amines) is 1. The van der Waals surface area contributed by atoms with Gasteiger partial charge in [-0.1, -0.05) is 36.4 Å². The summed E-state index contributed by atoms with van der Waals surface area (Å²) >= 11 is 1.65. The monoisotopic (exact) mass is 343 g/mol. The Kier molecular flexibility index (Phi) is 5.15. The Balaban J connectivity index is 1.60. The molecule has 2 N–H and O–H groups in total. The summed E-state index contributed by atoms with van der Waals surface area (Å²) in [7, 11) is 0. The van der Waals surface area contributed by atoms with E-state index in [1.54, 1.807) is 16.2 Å². The minimum absolute atomic E-state index is 0.0419. The maximum atomic E-state index is 12.5. The van der Waals surface area contributed by atoms with E-state index in [2.05, 4.69) is 28.8 Å². The average Bonchev–Trinajstić information content (AvgIpc) is 3.05. The molecular formula is C18H21N3O2S. The van der Waals surface area contributed by atoms with Gasteiger partial charge in [-0.15, -0.1) is 11.3 Å². The molecule has 1 aliphatic rings. The van der Waals surface area contributed by atoms with Crippen molar-refractivity contribution in [3.63, 3.8) is 0 Å². The van der Waals surface area contributed by atoms with E-state index in [-0.39, 0.29) is 24.0 Å². The summed E-state index contributed by atoms with van der Waals surface area (Å²) in [5.41, 5.74) is 1.19. The van der Waals surface area contributed by atoms with Gasteiger partial charge in [0.1, 0.15) is 0 Å². The van der Waals surface area contributed by atoms with Crippen LogP contribution in [0.3, 0.4) is 0 Å². The van der Waals surface area contributed by atoms with Crippen molar-refractivity contribution >= 4 is 23.3 Å². The molecule has 1 aromatic heterocycles. The normalized spacial score (nSPS) is 15.5. The van der Waals surface area contributed by atoms with Gasteiger partial charge < -0.3 is 15.5 Å². The highest BCUT2D eigenvalue weighted by molar-refractivity contribution is 7.10. The minimum atomic E-state index is -0.0778. The quantitative estimate of drug-likeness (QED) is 0.876. The predicted molar refractivity (Wildman–Crippen MR) is 94.9 cm³/mol. The van der Waals surface area contributed by atoms with E-state index in [1.165, 1.54) is 12.5 Å². The number of benzene rings is 1. The molecule has 1 aliphatic heterocycles. The second-order valence-corrected chi connectivity index (χ2v) is 6.99. The molecule has 0 saturated carbocycles. The molecule has 24 heavy (non-hydrogen) atoms. The van der Waals surface area contributed by atoms with E-state index < -0.39 is 0 Å². The molecule has 1 aromatic carbocycles. The van der Waals surface area contributed by atoms with Crippen LogP contribution >= 0.6 is 11.3 Å². The number of urea groups is 1. The Bertz CT molecular complexity index is 682. The third-order valence-electron chi connectivity index (χ3n) is 4.04. The smallest absolute Gasteiger partial charge is 0.318 e. The lowest BCUT2D eigenvalue weighted by Crippen LogP contribution is -2.62. The van der Waals surface area contributed by atoms with Crippen molar-refractivity contribution in [2.75, 3.05) is 13.1 Å². The topological polar surface area (TPSA) is 61.4 Å². The molecule has 5 nitrogen and oxygen atoms in total. The highest BCUT2D eigenvalue weighted by Crippen LogP contribution is 2.23. The van der Waals surface area contributed by atoms with Gasteiger partial charge in [-0.2, -0.15) is 0 Å². The highest BCUT2D eigenvalue weighted by atomic mass is 32.1. The van der Waals surface area contributed by atoms with Crippen LogP contribution in [-0.4, -0.2) is 36.0 Å². The van der Waals surface area contributed by atoms with E-state index >= 15 is 0 Å². The number of rotatable bonds is 5. The van der Waals surface area contributed by atoms with Gasteiger partial charge in [-0.25, -0.2) is 4.79 Å². The summed E-state index contributed by atoms with van der Waals surface area (Å²) in [6.07, 6.45) is 0.760. The third kappa shape index (κ3) is 4.14. The number of carbonyl (C=O) groups excluding carboxylic acids is 2. The lowest BCUT2D eigenvalue weighted by atomic mass is 10.0. The third-order valence-corrected chi connectivity index (χ3v) is 5.03. The summed E-state index contributed by atoms with van der Waals surface area (Å²) in [6.45, 7) is 2.62. The van der Waals surface area contributed by atoms with Gasteiger partial charge >= 0.3 is 6.03 Å². The van der Waals surface area contributed by atoms with Crippen molar-refractivity contribution in [2.45, 2.75) is 25.4 Å². The van der Waals surface area contributed by atoms with Crippen molar-refractivity contribution in [1.82, 2.24) is 15.5 Å². The first-order valence-electron chi connectivity index (χ1n) is 8.01. The first-order valence-corrected chi connectivity index (χ1v) is 8.89. The fraction of sp³-hybridized carbons (Fsp3) is 0.333. The molecule has 0 aliphatic carbocycles. The largest absolute Gasteiger partial charge is 0.350 e. The molecule has 1 fully saturated rings. The molecule has 6 heteroatoms. The minimum Gasteiger partial charge on any atom is -0.350 e. The zero-order chi connectivity index (χ0) is 16.9. The number of thiophene rings is 1. The molecule has 2 heterocycles. The average molecular weight is 343 g/mol. The molecule has 1 atom stereocenters. The number of carbonyl (C=O) groups is 2. The molecule has 126 valence electrons. The number of amides is 3. The SMILES string of the molecule is CC(=O)NC1CN(C(=O)NC(Cc2ccccc2)c2cccs2)C1. The van der Waals surface area contributed by atoms with Gasteiger partial charge in [0.2, 0.25) is 5.91 Å². The van der Waals surface area contributed by atoms with E-state index in [4.69, 9.17) is 0 Å². The number of hydrogen-bond acceptors (Lipinski definition) is 3. The molecule has 0 spiro atoms. The summed E-state index contributed by atoms with van der Waals surface area (Å²) in [5, 5.41) is 7.98. The summed E-state index contributed by atoms with van der Waals surface area (Å²) in [4.78, 5) is 26.4. The Morgan fingerprint density at radius 2 is 1.96 bits per heavy atom. The Morgan fingerprint density at radius 3 is 2.58 bits per heavy atom. The van der Waals surface area contributed by atoms with E-state index in [1.807, 2.05) is 29.6 Å². The van der Waals surface area contributed by atoms with E-state index in [0.717, 1.165) is 11.3 Å². The maximum Gasteiger partial charge on any atom is 0.318 e. The van der Waals surface area contributed by atoms with Crippen LogP contribution in [0, 0.1) is 0 Å². The van der Waals surface area contributed by atoms with Crippen LogP contribution in [0.2, 0.25) is 0 Å². The molecule has 0 bridgehead atoms. The van der Waals surface area contributed by atoms with Gasteiger partial charge in [-0.3, -0.25) is 4.79 Å². The van der Waals surface area contributed by atoms with Crippen LogP contribution in [0.1, 0.15) is 23.4 Å². The zero-order valence-electron chi connectivity index (χ0n) is 13.6. The second-order valence-electron chi connectivity index (χ2n) is 6.01. The van der Waals surface area contributed by atoms with Crippen molar-refractivity contribution in [3.05, 3.63) is 58.3 Å². The first kappa shape index (κ1) is 16.5. The highest BCUT2D eigenvalue weighted by Gasteiger charge is 2.32. The fourth-order valence-corrected chi connectivity index (χ4v) is 3.60. The summed E-state index contributed by atoms with van der Waals surface area (Å²) in [6, 6.07) is 14.2. The fourth-order valence-electron chi connectivity index (χ4n) is 2.83. The molecule has 1 saturated heterocycles. The maximum absolute atomic E-state index is 12.5. The van der Waals surface area contributed by atoms with Gasteiger partial charge in [-0.05, 0) is 23.4 Å². The van der Waals surface area contributed by atoms with Crippen LogP contribution in [0.5, 0.6) is 0 Å². The van der Waals surface area contributed by atoms with Crippen LogP contribution in [0.4, 0.5) is 4.79 Å². The Labute approximate surface area is 145 Å². The Hall–Kier alpha value is -2.34. The van der Waals surface area contributed by atoms with Gasteiger partial charge in [0.25, 0.3) is 0 Å². The van der Waals surface area contributed by atoms with Crippen molar-refractivity contribution in [1.29, 1.82) is 0 Å². The Morgan fingerprint density at radius 1 is 1.21 bits per heavy atom. The predicted octanol–water partition coefficient (Wildman–Crippen LogP) is 2.56. The lowest BCUT2D eigenvalue weighted by Gasteiger charge is -2.40. The molecular weight excluding hydrogens is 322 g/mol. The van der Waals surface area contributed by atoms with E-state index in [9.17, 15) is 9.59 Å². The molecule has 3 rings (SSSR count). The number of nitrogens with zero attached hydrogens (tertiary/aromatic N) is 1. The van der Waals surface area contributed by atoms with E-state index in [0.29, 0.717) is 13.1 Å². The van der Waals surface area contributed by atoms with Crippen LogP contribution < -0.4 is 10.6 Å². The zero-order valence-corrected chi connectivity index (χ0v) is 14.4. The van der Waals surface area contributed by atoms with Crippen LogP contribution in [0.25, 0.3) is 0 Å². The standard InChI is InChI=1S/C18H21N3O2S/c1-13(22)19-15-11-21(12-15)18(23)20-16(17-8-5-9-24-17)10-14-6-3-2-4-7-14/h2-9,15-16H,10-12H2,1H3,(H,19,22)(H,20,23). The van der Waals surface area contributed by atoms with Gasteiger partial charge in [0, 0.05) is 24.9 Å². The molecule has 3 amide bonds. The second kappa shape index (κ2) is 7.49. The van der Waals surface area contributed by atoms with Crippen LogP contribution in [-0.2, 0) is 11.2 Å². The summed E-state index contributed by atoms with van der Waals surface area (Å²) in [5.74, 6) is -0.0550. The van der Waals surface area contributed by atoms with Gasteiger partial charge in [0.15, 0.2) is 0 Å². The van der Waals surface area contributed by atoms with Gasteiger partial charge in [0.05, 0.1) is 12.1 Å².